The van der Waals surface area contributed by atoms with Crippen molar-refractivity contribution in [3.05, 3.63) is 0 Å². The van der Waals surface area contributed by atoms with E-state index in [0.29, 0.717) is 18.5 Å². The van der Waals surface area contributed by atoms with E-state index in [4.69, 9.17) is 0 Å². The van der Waals surface area contributed by atoms with Gasteiger partial charge in [0.15, 0.2) is 0 Å². The molecule has 0 spiro atoms. The van der Waals surface area contributed by atoms with Crippen molar-refractivity contribution < 1.29 is 9.90 Å². The Bertz CT molecular complexity index is 354. The van der Waals surface area contributed by atoms with E-state index in [1.165, 1.54) is 12.8 Å². The van der Waals surface area contributed by atoms with Gasteiger partial charge in [0.1, 0.15) is 0 Å². The lowest BCUT2D eigenvalue weighted by Gasteiger charge is -2.36. The predicted molar refractivity (Wildman–Crippen MR) is 93.4 cm³/mol. The highest BCUT2D eigenvalue weighted by molar-refractivity contribution is 5.78. The van der Waals surface area contributed by atoms with Crippen LogP contribution < -0.4 is 5.32 Å². The van der Waals surface area contributed by atoms with Crippen molar-refractivity contribution in [3.8, 4) is 0 Å². The molecule has 5 nitrogen and oxygen atoms in total. The highest BCUT2D eigenvalue weighted by Gasteiger charge is 2.25. The van der Waals surface area contributed by atoms with Crippen LogP contribution in [0.2, 0.25) is 0 Å². The lowest BCUT2D eigenvalue weighted by atomic mass is 9.96. The summed E-state index contributed by atoms with van der Waals surface area (Å²) in [5.74, 6) is 0.944. The van der Waals surface area contributed by atoms with Crippen LogP contribution in [0.1, 0.15) is 52.4 Å². The van der Waals surface area contributed by atoms with Crippen molar-refractivity contribution in [2.45, 2.75) is 64.5 Å². The number of rotatable bonds is 7. The summed E-state index contributed by atoms with van der Waals surface area (Å²) in [6.07, 6.45) is 6.76. The van der Waals surface area contributed by atoms with Crippen molar-refractivity contribution in [2.75, 3.05) is 39.3 Å². The third-order valence-corrected chi connectivity index (χ3v) is 5.36. The summed E-state index contributed by atoms with van der Waals surface area (Å²) >= 11 is 0. The van der Waals surface area contributed by atoms with Gasteiger partial charge in [0.05, 0.1) is 12.6 Å². The first-order valence-corrected chi connectivity index (χ1v) is 9.50. The molecule has 0 unspecified atom stereocenters. The number of likely N-dealkylation sites (tertiary alicyclic amines) is 2. The van der Waals surface area contributed by atoms with Crippen LogP contribution in [0.15, 0.2) is 0 Å². The molecule has 0 aromatic heterocycles. The molecule has 0 bridgehead atoms. The van der Waals surface area contributed by atoms with Crippen LogP contribution in [0.3, 0.4) is 0 Å². The van der Waals surface area contributed by atoms with Gasteiger partial charge in [-0.1, -0.05) is 6.92 Å². The molecule has 2 aliphatic heterocycles. The van der Waals surface area contributed by atoms with Crippen molar-refractivity contribution in [2.24, 2.45) is 5.92 Å². The van der Waals surface area contributed by atoms with Crippen LogP contribution >= 0.6 is 0 Å². The SMILES string of the molecule is CC[C@@H]1CCCCN1C(=O)CNCC1CCN(C[C@H](C)O)CC1. The van der Waals surface area contributed by atoms with Crippen LogP contribution in [0.25, 0.3) is 0 Å². The second kappa shape index (κ2) is 9.60. The number of β-amino-alcohol motifs (C(OH)–C–C–N with tert-alkyl or cyclic N) is 1. The number of amides is 1. The molecular formula is C18H35N3O2. The van der Waals surface area contributed by atoms with Gasteiger partial charge < -0.3 is 20.2 Å². The molecule has 0 saturated carbocycles. The Hall–Kier alpha value is -0.650. The standard InChI is InChI=1S/C18H35N3O2/c1-3-17-6-4-5-9-21(17)18(23)13-19-12-16-7-10-20(11-8-16)14-15(2)22/h15-17,19,22H,3-14H2,1-2H3/t15-,17+/m0/s1. The predicted octanol–water partition coefficient (Wildman–Crippen LogP) is 1.46. The number of piperidine rings is 2. The molecule has 2 atom stereocenters. The van der Waals surface area contributed by atoms with E-state index in [1.54, 1.807) is 0 Å². The molecule has 2 N–H and O–H groups in total. The fourth-order valence-corrected chi connectivity index (χ4v) is 3.98. The molecule has 1 amide bonds. The molecule has 134 valence electrons. The maximum Gasteiger partial charge on any atom is 0.236 e. The minimum Gasteiger partial charge on any atom is -0.392 e. The van der Waals surface area contributed by atoms with Crippen LogP contribution in [0.5, 0.6) is 0 Å². The summed E-state index contributed by atoms with van der Waals surface area (Å²) in [5.41, 5.74) is 0. The van der Waals surface area contributed by atoms with Gasteiger partial charge in [0.25, 0.3) is 0 Å². The molecule has 2 aliphatic rings. The average Bonchev–Trinajstić information content (AvgIpc) is 2.55. The number of aliphatic hydroxyl groups is 1. The number of hydrogen-bond donors (Lipinski definition) is 2. The number of carbonyl (C=O) groups excluding carboxylic acids is 1. The second-order valence-corrected chi connectivity index (χ2v) is 7.37. The molecule has 2 heterocycles. The first-order chi connectivity index (χ1) is 11.1. The lowest BCUT2D eigenvalue weighted by Crippen LogP contribution is -2.48. The fourth-order valence-electron chi connectivity index (χ4n) is 3.98. The number of carbonyl (C=O) groups is 1. The molecule has 5 heteroatoms. The largest absolute Gasteiger partial charge is 0.392 e. The summed E-state index contributed by atoms with van der Waals surface area (Å²) in [6.45, 7) is 9.32. The van der Waals surface area contributed by atoms with Crippen molar-refractivity contribution in [1.82, 2.24) is 15.1 Å². The monoisotopic (exact) mass is 325 g/mol. The minimum atomic E-state index is -0.238. The van der Waals surface area contributed by atoms with Crippen LogP contribution in [-0.4, -0.2) is 72.2 Å². The van der Waals surface area contributed by atoms with Gasteiger partial charge in [-0.2, -0.15) is 0 Å². The zero-order valence-electron chi connectivity index (χ0n) is 15.0. The Kier molecular flexibility index (Phi) is 7.80. The van der Waals surface area contributed by atoms with Gasteiger partial charge in [-0.15, -0.1) is 0 Å². The average molecular weight is 325 g/mol. The Morgan fingerprint density at radius 2 is 1.96 bits per heavy atom. The highest BCUT2D eigenvalue weighted by atomic mass is 16.3. The van der Waals surface area contributed by atoms with E-state index < -0.39 is 0 Å². The van der Waals surface area contributed by atoms with E-state index in [-0.39, 0.29) is 12.0 Å². The second-order valence-electron chi connectivity index (χ2n) is 7.37. The van der Waals surface area contributed by atoms with E-state index in [9.17, 15) is 9.90 Å². The first-order valence-electron chi connectivity index (χ1n) is 9.50. The summed E-state index contributed by atoms with van der Waals surface area (Å²) in [6, 6.07) is 0.460. The highest BCUT2D eigenvalue weighted by Crippen LogP contribution is 2.19. The van der Waals surface area contributed by atoms with E-state index in [1.807, 2.05) is 6.92 Å². The summed E-state index contributed by atoms with van der Waals surface area (Å²) in [7, 11) is 0. The molecule has 0 aromatic rings. The van der Waals surface area contributed by atoms with Gasteiger partial charge in [-0.3, -0.25) is 4.79 Å². The molecule has 0 aliphatic carbocycles. The topological polar surface area (TPSA) is 55.8 Å². The Morgan fingerprint density at radius 3 is 2.61 bits per heavy atom. The van der Waals surface area contributed by atoms with Crippen molar-refractivity contribution in [1.29, 1.82) is 0 Å². The zero-order chi connectivity index (χ0) is 16.7. The van der Waals surface area contributed by atoms with E-state index in [2.05, 4.69) is 22.0 Å². The minimum absolute atomic E-state index is 0.238. The maximum absolute atomic E-state index is 12.4. The number of nitrogens with zero attached hydrogens (tertiary/aromatic N) is 2. The fraction of sp³-hybridized carbons (Fsp3) is 0.944. The molecule has 0 radical (unpaired) electrons. The normalized spacial score (nSPS) is 25.5. The molecular weight excluding hydrogens is 290 g/mol. The Labute approximate surface area is 141 Å². The van der Waals surface area contributed by atoms with E-state index >= 15 is 0 Å². The van der Waals surface area contributed by atoms with Gasteiger partial charge in [0, 0.05) is 19.1 Å². The summed E-state index contributed by atoms with van der Waals surface area (Å²) in [5, 5.41) is 12.8. The lowest BCUT2D eigenvalue weighted by molar-refractivity contribution is -0.134. The quantitative estimate of drug-likeness (QED) is 0.744. The van der Waals surface area contributed by atoms with Gasteiger partial charge in [-0.25, -0.2) is 0 Å². The summed E-state index contributed by atoms with van der Waals surface area (Å²) < 4.78 is 0. The number of nitrogens with one attached hydrogen (secondary N) is 1. The Morgan fingerprint density at radius 1 is 1.22 bits per heavy atom. The van der Waals surface area contributed by atoms with Gasteiger partial charge in [0.2, 0.25) is 5.91 Å². The van der Waals surface area contributed by atoms with Crippen LogP contribution in [-0.2, 0) is 4.79 Å². The molecule has 2 saturated heterocycles. The van der Waals surface area contributed by atoms with Gasteiger partial charge >= 0.3 is 0 Å². The molecule has 2 rings (SSSR count). The Balaban J connectivity index is 1.62. The van der Waals surface area contributed by atoms with E-state index in [0.717, 1.165) is 58.4 Å². The third kappa shape index (κ3) is 6.05. The maximum atomic E-state index is 12.4. The third-order valence-electron chi connectivity index (χ3n) is 5.36. The first kappa shape index (κ1) is 18.7. The zero-order valence-corrected chi connectivity index (χ0v) is 15.0. The number of hydrogen-bond acceptors (Lipinski definition) is 4. The van der Waals surface area contributed by atoms with Crippen LogP contribution in [0.4, 0.5) is 0 Å². The van der Waals surface area contributed by atoms with Gasteiger partial charge in [-0.05, 0) is 71.0 Å². The van der Waals surface area contributed by atoms with Crippen molar-refractivity contribution >= 4 is 5.91 Å². The molecule has 23 heavy (non-hydrogen) atoms. The smallest absolute Gasteiger partial charge is 0.236 e. The molecule has 2 fully saturated rings. The summed E-state index contributed by atoms with van der Waals surface area (Å²) in [4.78, 5) is 16.8. The van der Waals surface area contributed by atoms with Crippen molar-refractivity contribution in [3.63, 3.8) is 0 Å². The molecule has 0 aromatic carbocycles. The van der Waals surface area contributed by atoms with Crippen LogP contribution in [0, 0.1) is 5.92 Å². The number of aliphatic hydroxyl groups excluding tert-OH is 1.